The third kappa shape index (κ3) is 5.72. The van der Waals surface area contributed by atoms with Crippen molar-refractivity contribution in [2.45, 2.75) is 0 Å². The topological polar surface area (TPSA) is 112 Å². The second kappa shape index (κ2) is 11.7. The Balaban J connectivity index is 1.30. The Morgan fingerprint density at radius 3 is 2.51 bits per heavy atom. The van der Waals surface area contributed by atoms with Gasteiger partial charge in [0.25, 0.3) is 5.91 Å². The minimum absolute atomic E-state index is 0.0345. The SMILES string of the molecule is COC(=O)c1ccc2c(c1)NC(=O)/C2=C(\Nc1ccc(N(C)C(=O)CN2CCN(C)CC2)cc1)c1ccc2nccn2c1. The summed E-state index contributed by atoms with van der Waals surface area (Å²) >= 11 is 0. The summed E-state index contributed by atoms with van der Waals surface area (Å²) in [7, 11) is 5.20. The highest BCUT2D eigenvalue weighted by Gasteiger charge is 2.30. The molecule has 4 aromatic rings. The predicted octanol–water partition coefficient (Wildman–Crippen LogP) is 3.26. The largest absolute Gasteiger partial charge is 0.465 e. The highest BCUT2D eigenvalue weighted by Crippen LogP contribution is 2.38. The maximum absolute atomic E-state index is 13.4. The number of methoxy groups -OCH3 is 1. The number of hydrogen-bond acceptors (Lipinski definition) is 8. The number of amides is 2. The number of fused-ring (bicyclic) bond motifs is 2. The highest BCUT2D eigenvalue weighted by atomic mass is 16.5. The van der Waals surface area contributed by atoms with Gasteiger partial charge in [-0.2, -0.15) is 0 Å². The van der Waals surface area contributed by atoms with E-state index in [0.29, 0.717) is 34.6 Å². The van der Waals surface area contributed by atoms with Crippen molar-refractivity contribution >= 4 is 51.8 Å². The van der Waals surface area contributed by atoms with E-state index in [1.54, 1.807) is 36.3 Å². The van der Waals surface area contributed by atoms with E-state index in [1.165, 1.54) is 7.11 Å². The van der Waals surface area contributed by atoms with Crippen molar-refractivity contribution in [3.63, 3.8) is 0 Å². The van der Waals surface area contributed by atoms with Crippen LogP contribution in [0.1, 0.15) is 21.5 Å². The third-order valence-corrected chi connectivity index (χ3v) is 7.97. The Labute approximate surface area is 249 Å². The van der Waals surface area contributed by atoms with Crippen LogP contribution < -0.4 is 15.5 Å². The predicted molar refractivity (Wildman–Crippen MR) is 166 cm³/mol. The molecule has 0 atom stereocenters. The Morgan fingerprint density at radius 1 is 1.02 bits per heavy atom. The van der Waals surface area contributed by atoms with Crippen molar-refractivity contribution in [3.8, 4) is 0 Å². The molecule has 0 unspecified atom stereocenters. The number of likely N-dealkylation sites (N-methyl/N-ethyl adjacent to an activating group) is 2. The number of nitrogens with one attached hydrogen (secondary N) is 2. The van der Waals surface area contributed by atoms with Gasteiger partial charge in [0.2, 0.25) is 5.91 Å². The van der Waals surface area contributed by atoms with E-state index >= 15 is 0 Å². The molecule has 0 radical (unpaired) electrons. The number of benzene rings is 2. The summed E-state index contributed by atoms with van der Waals surface area (Å²) in [5.74, 6) is -0.742. The van der Waals surface area contributed by atoms with Gasteiger partial charge in [-0.1, -0.05) is 6.07 Å². The number of aromatic nitrogens is 2. The minimum atomic E-state index is -0.481. The van der Waals surface area contributed by atoms with Crippen molar-refractivity contribution in [1.29, 1.82) is 0 Å². The molecule has 11 nitrogen and oxygen atoms in total. The van der Waals surface area contributed by atoms with Crippen LogP contribution in [0.3, 0.4) is 0 Å². The molecule has 43 heavy (non-hydrogen) atoms. The Bertz CT molecular complexity index is 1740. The molecule has 11 heteroatoms. The Hall–Kier alpha value is -5.00. The first kappa shape index (κ1) is 28.1. The van der Waals surface area contributed by atoms with Gasteiger partial charge < -0.3 is 29.6 Å². The lowest BCUT2D eigenvalue weighted by Gasteiger charge is -2.32. The number of carbonyl (C=O) groups excluding carboxylic acids is 3. The van der Waals surface area contributed by atoms with Crippen LogP contribution in [0.25, 0.3) is 16.9 Å². The molecule has 2 aliphatic rings. The molecule has 0 spiro atoms. The van der Waals surface area contributed by atoms with Crippen LogP contribution in [0, 0.1) is 0 Å². The fraction of sp³-hybridized carbons (Fsp3) is 0.250. The van der Waals surface area contributed by atoms with Crippen molar-refractivity contribution in [3.05, 3.63) is 89.9 Å². The number of piperazine rings is 1. The van der Waals surface area contributed by atoms with Gasteiger partial charge in [-0.3, -0.25) is 14.5 Å². The molecule has 2 aromatic heterocycles. The average molecular weight is 580 g/mol. The lowest BCUT2D eigenvalue weighted by molar-refractivity contribution is -0.119. The first-order chi connectivity index (χ1) is 20.8. The van der Waals surface area contributed by atoms with Crippen LogP contribution >= 0.6 is 0 Å². The third-order valence-electron chi connectivity index (χ3n) is 7.97. The van der Waals surface area contributed by atoms with E-state index in [-0.39, 0.29) is 11.8 Å². The number of hydrogen-bond donors (Lipinski definition) is 2. The zero-order valence-electron chi connectivity index (χ0n) is 24.3. The summed E-state index contributed by atoms with van der Waals surface area (Å²) in [5, 5.41) is 6.35. The molecule has 2 N–H and O–H groups in total. The van der Waals surface area contributed by atoms with Gasteiger partial charge >= 0.3 is 5.97 Å². The number of pyridine rings is 1. The van der Waals surface area contributed by atoms with Crippen LogP contribution in [-0.2, 0) is 14.3 Å². The number of rotatable bonds is 7. The van der Waals surface area contributed by atoms with Crippen LogP contribution in [0.2, 0.25) is 0 Å². The van der Waals surface area contributed by atoms with Crippen LogP contribution in [0.5, 0.6) is 0 Å². The molecule has 0 aliphatic carbocycles. The van der Waals surface area contributed by atoms with E-state index in [0.717, 1.165) is 48.8 Å². The molecular weight excluding hydrogens is 546 g/mol. The van der Waals surface area contributed by atoms with Gasteiger partial charge in [0.15, 0.2) is 0 Å². The van der Waals surface area contributed by atoms with Gasteiger partial charge in [0, 0.05) is 74.3 Å². The number of anilines is 3. The summed E-state index contributed by atoms with van der Waals surface area (Å²) in [5.41, 5.74) is 5.63. The lowest BCUT2D eigenvalue weighted by Crippen LogP contribution is -2.48. The summed E-state index contributed by atoms with van der Waals surface area (Å²) < 4.78 is 6.73. The molecule has 220 valence electrons. The normalized spacial score (nSPS) is 16.5. The Kier molecular flexibility index (Phi) is 7.66. The van der Waals surface area contributed by atoms with Gasteiger partial charge in [-0.25, -0.2) is 9.78 Å². The zero-order chi connectivity index (χ0) is 30.1. The van der Waals surface area contributed by atoms with Gasteiger partial charge in [0.05, 0.1) is 36.2 Å². The maximum atomic E-state index is 13.4. The number of imidazole rings is 1. The van der Waals surface area contributed by atoms with E-state index in [9.17, 15) is 14.4 Å². The molecule has 6 rings (SSSR count). The van der Waals surface area contributed by atoms with Crippen molar-refractivity contribution in [1.82, 2.24) is 19.2 Å². The fourth-order valence-electron chi connectivity index (χ4n) is 5.37. The van der Waals surface area contributed by atoms with Crippen LogP contribution in [0.4, 0.5) is 17.1 Å². The molecule has 0 saturated carbocycles. The lowest BCUT2D eigenvalue weighted by atomic mass is 9.99. The second-order valence-corrected chi connectivity index (χ2v) is 10.8. The molecule has 1 saturated heterocycles. The standard InChI is InChI=1S/C32H33N7O4/c1-36-14-16-38(17-15-36)20-28(40)37(2)24-8-6-23(7-9-24)34-30(22-5-11-27-33-12-13-39(27)19-22)29-25-10-4-21(32(42)43-3)18-26(25)35-31(29)41/h4-13,18-19,34H,14-17,20H2,1-3H3,(H,35,41)/b30-29-. The van der Waals surface area contributed by atoms with Crippen LogP contribution in [0.15, 0.2) is 73.2 Å². The molecule has 2 aliphatic heterocycles. The number of ether oxygens (including phenoxy) is 1. The van der Waals surface area contributed by atoms with Gasteiger partial charge in [0.1, 0.15) is 5.65 Å². The summed E-state index contributed by atoms with van der Waals surface area (Å²) in [6.45, 7) is 4.04. The first-order valence-corrected chi connectivity index (χ1v) is 14.1. The van der Waals surface area contributed by atoms with Crippen LogP contribution in [-0.4, -0.2) is 90.9 Å². The van der Waals surface area contributed by atoms with E-state index in [4.69, 9.17) is 4.74 Å². The first-order valence-electron chi connectivity index (χ1n) is 14.1. The van der Waals surface area contributed by atoms with E-state index in [2.05, 4.69) is 32.5 Å². The number of carbonyl (C=O) groups is 3. The molecule has 2 amide bonds. The number of esters is 1. The van der Waals surface area contributed by atoms with E-state index < -0.39 is 5.97 Å². The fourth-order valence-corrected chi connectivity index (χ4v) is 5.37. The van der Waals surface area contributed by atoms with Gasteiger partial charge in [-0.05, 0) is 55.6 Å². The molecule has 4 heterocycles. The van der Waals surface area contributed by atoms with Crippen molar-refractivity contribution in [2.75, 3.05) is 69.5 Å². The quantitative estimate of drug-likeness (QED) is 0.254. The van der Waals surface area contributed by atoms with Crippen molar-refractivity contribution < 1.29 is 19.1 Å². The summed E-state index contributed by atoms with van der Waals surface area (Å²) in [4.78, 5) is 49.0. The number of nitrogens with zero attached hydrogens (tertiary/aromatic N) is 5. The molecular formula is C32H33N7O4. The molecule has 1 fully saturated rings. The molecule has 2 aromatic carbocycles. The van der Waals surface area contributed by atoms with Gasteiger partial charge in [-0.15, -0.1) is 0 Å². The minimum Gasteiger partial charge on any atom is -0.465 e. The Morgan fingerprint density at radius 2 is 1.77 bits per heavy atom. The summed E-state index contributed by atoms with van der Waals surface area (Å²) in [6.07, 6.45) is 5.46. The maximum Gasteiger partial charge on any atom is 0.337 e. The van der Waals surface area contributed by atoms with E-state index in [1.807, 2.05) is 53.2 Å². The van der Waals surface area contributed by atoms with Crippen molar-refractivity contribution in [2.24, 2.45) is 0 Å². The molecule has 0 bridgehead atoms. The highest BCUT2D eigenvalue weighted by molar-refractivity contribution is 6.37. The summed E-state index contributed by atoms with van der Waals surface area (Å²) in [6, 6.07) is 16.3. The smallest absolute Gasteiger partial charge is 0.337 e. The monoisotopic (exact) mass is 579 g/mol. The zero-order valence-corrected chi connectivity index (χ0v) is 24.3. The average Bonchev–Trinajstić information content (AvgIpc) is 3.63. The second-order valence-electron chi connectivity index (χ2n) is 10.8.